The maximum atomic E-state index is 10.9. The lowest BCUT2D eigenvalue weighted by Gasteiger charge is -1.85. The van der Waals surface area contributed by atoms with E-state index in [4.69, 9.17) is 12.2 Å². The molecule has 5 heteroatoms. The second-order valence-corrected chi connectivity index (χ2v) is 3.68. The normalized spacial score (nSPS) is 20.6. The number of amides is 1. The number of hydrogen-bond donors (Lipinski definition) is 1. The van der Waals surface area contributed by atoms with Gasteiger partial charge in [-0.05, 0) is 6.92 Å². The molecule has 0 atom stereocenters. The Morgan fingerprint density at radius 2 is 2.36 bits per heavy atom. The molecule has 3 nitrogen and oxygen atoms in total. The van der Waals surface area contributed by atoms with E-state index in [0.717, 1.165) is 11.8 Å². The highest BCUT2D eigenvalue weighted by Gasteiger charge is 2.22. The molecule has 1 saturated heterocycles. The summed E-state index contributed by atoms with van der Waals surface area (Å²) < 4.78 is 0.405. The van der Waals surface area contributed by atoms with E-state index in [-0.39, 0.29) is 11.7 Å². The molecule has 0 aromatic heterocycles. The summed E-state index contributed by atoms with van der Waals surface area (Å²) in [5.74, 6) is -0.428. The average molecular weight is 187 g/mol. The zero-order valence-corrected chi connectivity index (χ0v) is 7.34. The van der Waals surface area contributed by atoms with Crippen molar-refractivity contribution in [1.29, 1.82) is 0 Å². The Bertz CT molecular complexity index is 270. The molecular weight excluding hydrogens is 182 g/mol. The van der Waals surface area contributed by atoms with Crippen molar-refractivity contribution in [3.05, 3.63) is 11.0 Å². The van der Waals surface area contributed by atoms with Gasteiger partial charge in [-0.1, -0.05) is 24.0 Å². The molecule has 0 aliphatic carbocycles. The molecule has 0 aromatic rings. The molecule has 0 radical (unpaired) electrons. The Hall–Kier alpha value is -0.680. The highest BCUT2D eigenvalue weighted by Crippen LogP contribution is 2.22. The maximum Gasteiger partial charge on any atom is 0.263 e. The van der Waals surface area contributed by atoms with Crippen LogP contribution >= 0.6 is 24.0 Å². The van der Waals surface area contributed by atoms with Gasteiger partial charge in [-0.2, -0.15) is 0 Å². The average Bonchev–Trinajstić information content (AvgIpc) is 2.09. The molecule has 58 valence electrons. The summed E-state index contributed by atoms with van der Waals surface area (Å²) in [5, 5.41) is 2.41. The van der Waals surface area contributed by atoms with Gasteiger partial charge in [-0.25, -0.2) is 0 Å². The van der Waals surface area contributed by atoms with E-state index in [1.165, 1.54) is 13.0 Å². The van der Waals surface area contributed by atoms with Crippen LogP contribution in [0, 0.1) is 0 Å². The molecule has 1 heterocycles. The van der Waals surface area contributed by atoms with E-state index < -0.39 is 0 Å². The topological polar surface area (TPSA) is 46.2 Å². The lowest BCUT2D eigenvalue weighted by atomic mass is 10.4. The summed E-state index contributed by atoms with van der Waals surface area (Å²) in [7, 11) is 0. The van der Waals surface area contributed by atoms with Crippen molar-refractivity contribution in [2.75, 3.05) is 0 Å². The van der Waals surface area contributed by atoms with Crippen LogP contribution in [0.15, 0.2) is 11.0 Å². The van der Waals surface area contributed by atoms with Crippen LogP contribution in [0.25, 0.3) is 0 Å². The number of carbonyl (C=O) groups is 2. The lowest BCUT2D eigenvalue weighted by molar-refractivity contribution is -0.116. The van der Waals surface area contributed by atoms with Gasteiger partial charge in [0.15, 0.2) is 5.78 Å². The Morgan fingerprint density at radius 3 is 2.73 bits per heavy atom. The molecule has 0 bridgehead atoms. The standard InChI is InChI=1S/C6H5NO2S2/c1-3(8)2-4-5(9)7-6(10)11-4/h2H,1H3,(H,7,9,10)/b4-2-. The first-order chi connectivity index (χ1) is 5.09. The minimum Gasteiger partial charge on any atom is -0.307 e. The van der Waals surface area contributed by atoms with Crippen LogP contribution in [0.4, 0.5) is 0 Å². The van der Waals surface area contributed by atoms with Gasteiger partial charge >= 0.3 is 0 Å². The number of carbonyl (C=O) groups excluding carboxylic acids is 2. The fourth-order valence-electron chi connectivity index (χ4n) is 0.606. The second-order valence-electron chi connectivity index (χ2n) is 1.96. The fraction of sp³-hybridized carbons (Fsp3) is 0.167. The largest absolute Gasteiger partial charge is 0.307 e. The predicted octanol–water partition coefficient (Wildman–Crippen LogP) is 0.607. The first kappa shape index (κ1) is 8.42. The summed E-state index contributed by atoms with van der Waals surface area (Å²) in [6.07, 6.45) is 1.28. The number of thioether (sulfide) groups is 1. The van der Waals surface area contributed by atoms with E-state index in [2.05, 4.69) is 5.32 Å². The summed E-state index contributed by atoms with van der Waals surface area (Å²) >= 11 is 5.82. The third-order valence-electron chi connectivity index (χ3n) is 0.976. The van der Waals surface area contributed by atoms with Gasteiger partial charge in [0.2, 0.25) is 0 Å². The molecule has 1 rings (SSSR count). The van der Waals surface area contributed by atoms with Gasteiger partial charge < -0.3 is 5.32 Å². The summed E-state index contributed by atoms with van der Waals surface area (Å²) in [5.41, 5.74) is 0. The molecule has 0 spiro atoms. The van der Waals surface area contributed by atoms with Gasteiger partial charge in [0.05, 0.1) is 4.91 Å². The minimum absolute atomic E-state index is 0.146. The number of allylic oxidation sites excluding steroid dienone is 1. The van der Waals surface area contributed by atoms with Gasteiger partial charge in [0, 0.05) is 6.08 Å². The van der Waals surface area contributed by atoms with Crippen LogP contribution in [0.5, 0.6) is 0 Å². The Labute approximate surface area is 73.2 Å². The molecule has 1 N–H and O–H groups in total. The molecule has 1 amide bonds. The Kier molecular flexibility index (Phi) is 2.41. The molecule has 1 aliphatic heterocycles. The molecule has 1 fully saturated rings. The van der Waals surface area contributed by atoms with Crippen molar-refractivity contribution in [3.8, 4) is 0 Å². The van der Waals surface area contributed by atoms with Crippen molar-refractivity contribution in [2.24, 2.45) is 0 Å². The SMILES string of the molecule is CC(=O)/C=C1\SC(=S)NC1=O. The molecule has 0 unspecified atom stereocenters. The fourth-order valence-corrected chi connectivity index (χ4v) is 1.68. The quantitative estimate of drug-likeness (QED) is 0.482. The molecule has 1 aliphatic rings. The van der Waals surface area contributed by atoms with Crippen molar-refractivity contribution < 1.29 is 9.59 Å². The highest BCUT2D eigenvalue weighted by atomic mass is 32.2. The lowest BCUT2D eigenvalue weighted by Crippen LogP contribution is -2.17. The van der Waals surface area contributed by atoms with E-state index in [1.807, 2.05) is 0 Å². The first-order valence-corrected chi connectivity index (χ1v) is 4.07. The van der Waals surface area contributed by atoms with Crippen LogP contribution in [0.2, 0.25) is 0 Å². The van der Waals surface area contributed by atoms with Crippen LogP contribution in [-0.2, 0) is 9.59 Å². The number of ketones is 1. The van der Waals surface area contributed by atoms with Gasteiger partial charge in [-0.3, -0.25) is 9.59 Å². The summed E-state index contributed by atoms with van der Waals surface area (Å²) in [6, 6.07) is 0. The molecule has 11 heavy (non-hydrogen) atoms. The zero-order valence-electron chi connectivity index (χ0n) is 5.71. The predicted molar refractivity (Wildman–Crippen MR) is 47.1 cm³/mol. The van der Waals surface area contributed by atoms with Gasteiger partial charge in [0.1, 0.15) is 4.32 Å². The van der Waals surface area contributed by atoms with E-state index in [9.17, 15) is 9.59 Å². The number of nitrogens with one attached hydrogen (secondary N) is 1. The third kappa shape index (κ3) is 2.13. The smallest absolute Gasteiger partial charge is 0.263 e. The summed E-state index contributed by atoms with van der Waals surface area (Å²) in [6.45, 7) is 1.39. The monoisotopic (exact) mass is 187 g/mol. The van der Waals surface area contributed by atoms with Crippen LogP contribution in [0.1, 0.15) is 6.92 Å². The van der Waals surface area contributed by atoms with Gasteiger partial charge in [-0.15, -0.1) is 0 Å². The maximum absolute atomic E-state index is 10.9. The van der Waals surface area contributed by atoms with Crippen LogP contribution < -0.4 is 5.32 Å². The minimum atomic E-state index is -0.282. The second kappa shape index (κ2) is 3.15. The van der Waals surface area contributed by atoms with Crippen molar-refractivity contribution in [2.45, 2.75) is 6.92 Å². The number of rotatable bonds is 1. The third-order valence-corrected chi connectivity index (χ3v) is 2.14. The summed E-state index contributed by atoms with van der Waals surface area (Å²) in [4.78, 5) is 21.8. The van der Waals surface area contributed by atoms with Crippen LogP contribution in [0.3, 0.4) is 0 Å². The molecular formula is C6H5NO2S2. The van der Waals surface area contributed by atoms with Crippen molar-refractivity contribution in [1.82, 2.24) is 5.32 Å². The Morgan fingerprint density at radius 1 is 1.73 bits per heavy atom. The highest BCUT2D eigenvalue weighted by molar-refractivity contribution is 8.26. The van der Waals surface area contributed by atoms with Crippen molar-refractivity contribution in [3.63, 3.8) is 0 Å². The van der Waals surface area contributed by atoms with E-state index >= 15 is 0 Å². The van der Waals surface area contributed by atoms with Crippen LogP contribution in [-0.4, -0.2) is 16.0 Å². The number of hydrogen-bond acceptors (Lipinski definition) is 4. The Balaban J connectivity index is 2.83. The zero-order chi connectivity index (χ0) is 8.43. The first-order valence-electron chi connectivity index (χ1n) is 2.85. The molecule has 0 aromatic carbocycles. The molecule has 0 saturated carbocycles. The van der Waals surface area contributed by atoms with Gasteiger partial charge in [0.25, 0.3) is 5.91 Å². The number of thiocarbonyl (C=S) groups is 1. The van der Waals surface area contributed by atoms with Crippen molar-refractivity contribution >= 4 is 40.0 Å². The van der Waals surface area contributed by atoms with E-state index in [0.29, 0.717) is 9.23 Å². The van der Waals surface area contributed by atoms with E-state index in [1.54, 1.807) is 0 Å².